The van der Waals surface area contributed by atoms with E-state index in [1.807, 2.05) is 0 Å². The van der Waals surface area contributed by atoms with E-state index < -0.39 is 0 Å². The normalized spacial score (nSPS) is 8.00. The first-order chi connectivity index (χ1) is 3.72. The predicted octanol–water partition coefficient (Wildman–Crippen LogP) is 0.539. The van der Waals surface area contributed by atoms with E-state index in [-0.39, 0.29) is 0 Å². The molecule has 0 fully saturated rings. The van der Waals surface area contributed by atoms with Gasteiger partial charge in [-0.05, 0) is 0 Å². The second kappa shape index (κ2) is 3.27. The van der Waals surface area contributed by atoms with Crippen LogP contribution < -0.4 is 0 Å². The van der Waals surface area contributed by atoms with Crippen molar-refractivity contribution in [3.63, 3.8) is 0 Å². The van der Waals surface area contributed by atoms with Gasteiger partial charge < -0.3 is 4.43 Å². The summed E-state index contributed by atoms with van der Waals surface area (Å²) in [6.07, 6.45) is 1.63. The largest absolute Gasteiger partial charge is 0.553 e. The van der Waals surface area contributed by atoms with Crippen LogP contribution in [0.25, 0.3) is 0 Å². The molecule has 0 aromatic carbocycles. The van der Waals surface area contributed by atoms with Crippen LogP contribution >= 0.6 is 0 Å². The Kier molecular flexibility index (Phi) is 2.95. The molecule has 0 spiro atoms. The maximum Gasteiger partial charge on any atom is 0.204 e. The maximum absolute atomic E-state index is 4.88. The minimum atomic E-state index is 0.631. The lowest BCUT2D eigenvalue weighted by Crippen LogP contribution is -1.85. The highest BCUT2D eigenvalue weighted by molar-refractivity contribution is 5.99. The molecule has 44 valence electrons. The zero-order valence-corrected chi connectivity index (χ0v) is 7.11. The van der Waals surface area contributed by atoms with Gasteiger partial charge in [0.15, 0.2) is 0 Å². The van der Waals surface area contributed by atoms with Gasteiger partial charge in [-0.15, -0.1) is 0 Å². The average molecular weight is 126 g/mol. The first-order valence-electron chi connectivity index (χ1n) is 2.27. The second-order valence-electron chi connectivity index (χ2n) is 1.36. The Morgan fingerprint density at radius 2 is 2.00 bits per heavy atom. The molecule has 1 nitrogen and oxygen atoms in total. The van der Waals surface area contributed by atoms with Gasteiger partial charge in [0.05, 0.1) is 0 Å². The van der Waals surface area contributed by atoms with E-state index in [0.717, 1.165) is 5.57 Å². The quantitative estimate of drug-likeness (QED) is 0.305. The van der Waals surface area contributed by atoms with Crippen molar-refractivity contribution in [3.8, 4) is 0 Å². The fourth-order valence-electron chi connectivity index (χ4n) is 0.245. The molecule has 0 atom stereocenters. The molecule has 0 aliphatic rings. The Bertz CT molecular complexity index is 126. The van der Waals surface area contributed by atoms with Crippen LogP contribution in [0.15, 0.2) is 37.1 Å². The average Bonchev–Trinajstić information content (AvgIpc) is 1.84. The van der Waals surface area contributed by atoms with Gasteiger partial charge in [-0.25, -0.2) is 0 Å². The van der Waals surface area contributed by atoms with E-state index in [0.29, 0.717) is 16.2 Å². The fourth-order valence-corrected chi connectivity index (χ4v) is 0.507. The van der Waals surface area contributed by atoms with Crippen LogP contribution in [0, 0.1) is 0 Å². The van der Waals surface area contributed by atoms with Crippen molar-refractivity contribution in [1.82, 2.24) is 0 Å². The van der Waals surface area contributed by atoms with E-state index in [2.05, 4.69) is 19.7 Å². The minimum absolute atomic E-state index is 0.631. The lowest BCUT2D eigenvalue weighted by molar-refractivity contribution is 0.489. The second-order valence-corrected chi connectivity index (χ2v) is 1.76. The highest BCUT2D eigenvalue weighted by Gasteiger charge is 1.88. The zero-order chi connectivity index (χ0) is 6.57. The molecule has 0 saturated heterocycles. The molecule has 0 aromatic rings. The van der Waals surface area contributed by atoms with Gasteiger partial charge in [0.25, 0.3) is 0 Å². The summed E-state index contributed by atoms with van der Waals surface area (Å²) in [4.78, 5) is 0. The summed E-state index contributed by atoms with van der Waals surface area (Å²) in [6.45, 7) is 10.7. The van der Waals surface area contributed by atoms with Gasteiger partial charge in [-0.3, -0.25) is 0 Å². The molecular formula is C6H10OSi. The fraction of sp³-hybridized carbons (Fsp3) is 0. The molecule has 0 radical (unpaired) electrons. The van der Waals surface area contributed by atoms with Crippen molar-refractivity contribution in [2.75, 3.05) is 0 Å². The van der Waals surface area contributed by atoms with Gasteiger partial charge in [-0.1, -0.05) is 25.8 Å². The lowest BCUT2D eigenvalue weighted by Gasteiger charge is -2.01. The van der Waals surface area contributed by atoms with Crippen LogP contribution in [-0.2, 0) is 4.43 Å². The van der Waals surface area contributed by atoms with E-state index in [9.17, 15) is 0 Å². The number of hydrogen-bond acceptors (Lipinski definition) is 1. The van der Waals surface area contributed by atoms with Gasteiger partial charge >= 0.3 is 0 Å². The molecule has 0 rings (SSSR count). The van der Waals surface area contributed by atoms with Crippen molar-refractivity contribution in [3.05, 3.63) is 37.1 Å². The standard InChI is InChI=1S/C6H10OSi/c1-4-5(2)6(3)7-8/h4H,1-3H2,8H3. The van der Waals surface area contributed by atoms with Crippen LogP contribution in [-0.4, -0.2) is 10.5 Å². The lowest BCUT2D eigenvalue weighted by atomic mass is 10.3. The van der Waals surface area contributed by atoms with Crippen LogP contribution in [0.4, 0.5) is 0 Å². The Labute approximate surface area is 52.9 Å². The molecule has 8 heavy (non-hydrogen) atoms. The van der Waals surface area contributed by atoms with Gasteiger partial charge in [0, 0.05) is 5.57 Å². The maximum atomic E-state index is 4.88. The first kappa shape index (κ1) is 7.24. The molecule has 0 aliphatic carbocycles. The Hall–Kier alpha value is -0.763. The van der Waals surface area contributed by atoms with Crippen LogP contribution in [0.2, 0.25) is 0 Å². The Morgan fingerprint density at radius 1 is 1.50 bits per heavy atom. The zero-order valence-electron chi connectivity index (χ0n) is 5.11. The third-order valence-electron chi connectivity index (χ3n) is 0.851. The molecule has 0 unspecified atom stereocenters. The highest BCUT2D eigenvalue weighted by atomic mass is 28.2. The molecule has 0 aromatic heterocycles. The van der Waals surface area contributed by atoms with Crippen molar-refractivity contribution in [2.24, 2.45) is 0 Å². The van der Waals surface area contributed by atoms with E-state index in [1.54, 1.807) is 6.08 Å². The third kappa shape index (κ3) is 1.79. The van der Waals surface area contributed by atoms with Crippen molar-refractivity contribution < 1.29 is 4.43 Å². The van der Waals surface area contributed by atoms with Crippen molar-refractivity contribution in [1.29, 1.82) is 0 Å². The van der Waals surface area contributed by atoms with Crippen LogP contribution in [0.5, 0.6) is 0 Å². The van der Waals surface area contributed by atoms with Crippen molar-refractivity contribution in [2.45, 2.75) is 0 Å². The highest BCUT2D eigenvalue weighted by Crippen LogP contribution is 2.03. The van der Waals surface area contributed by atoms with Gasteiger partial charge in [-0.2, -0.15) is 0 Å². The van der Waals surface area contributed by atoms with Crippen LogP contribution in [0.1, 0.15) is 0 Å². The SMILES string of the molecule is C=CC(=C)C(=C)O[SiH3]. The molecule has 0 bridgehead atoms. The Morgan fingerprint density at radius 3 is 2.12 bits per heavy atom. The summed E-state index contributed by atoms with van der Waals surface area (Å²) in [7, 11) is 0.667. The van der Waals surface area contributed by atoms with Crippen LogP contribution in [0.3, 0.4) is 0 Å². The molecule has 0 aliphatic heterocycles. The summed E-state index contributed by atoms with van der Waals surface area (Å²) >= 11 is 0. The van der Waals surface area contributed by atoms with E-state index in [4.69, 9.17) is 4.43 Å². The minimum Gasteiger partial charge on any atom is -0.553 e. The molecule has 0 amide bonds. The molecule has 0 saturated carbocycles. The summed E-state index contributed by atoms with van der Waals surface area (Å²) in [5.41, 5.74) is 0.764. The molecular weight excluding hydrogens is 116 g/mol. The van der Waals surface area contributed by atoms with Gasteiger partial charge in [0.2, 0.25) is 10.5 Å². The number of rotatable bonds is 3. The summed E-state index contributed by atoms with van der Waals surface area (Å²) < 4.78 is 4.88. The monoisotopic (exact) mass is 126 g/mol. The molecule has 0 heterocycles. The summed E-state index contributed by atoms with van der Waals surface area (Å²) in [5, 5.41) is 0. The van der Waals surface area contributed by atoms with E-state index >= 15 is 0 Å². The molecule has 0 N–H and O–H groups in total. The van der Waals surface area contributed by atoms with Crippen molar-refractivity contribution >= 4 is 10.5 Å². The summed E-state index contributed by atoms with van der Waals surface area (Å²) in [5.74, 6) is 0.631. The number of hydrogen-bond donors (Lipinski definition) is 0. The third-order valence-corrected chi connectivity index (χ3v) is 1.34. The Balaban J connectivity index is 3.82. The first-order valence-corrected chi connectivity index (χ1v) is 3.08. The molecule has 2 heteroatoms. The van der Waals surface area contributed by atoms with Gasteiger partial charge in [0.1, 0.15) is 5.76 Å². The topological polar surface area (TPSA) is 9.23 Å². The number of allylic oxidation sites excluding steroid dienone is 1. The summed E-state index contributed by atoms with van der Waals surface area (Å²) in [6, 6.07) is 0. The predicted molar refractivity (Wildman–Crippen MR) is 39.5 cm³/mol. The van der Waals surface area contributed by atoms with E-state index in [1.165, 1.54) is 0 Å². The smallest absolute Gasteiger partial charge is 0.204 e.